The lowest BCUT2D eigenvalue weighted by Crippen LogP contribution is -2.66. The number of nitrogens with one attached hydrogen (secondary N) is 1. The molecule has 19 nitrogen and oxygen atoms in total. The maximum Gasteiger partial charge on any atom is 0.220 e. The summed E-state index contributed by atoms with van der Waals surface area (Å²) >= 11 is 0. The molecule has 12 N–H and O–H groups in total. The zero-order chi connectivity index (χ0) is 68.9. The van der Waals surface area contributed by atoms with E-state index in [0.717, 1.165) is 38.5 Å². The van der Waals surface area contributed by atoms with E-state index in [1.54, 1.807) is 6.08 Å². The molecule has 0 bridgehead atoms. The summed E-state index contributed by atoms with van der Waals surface area (Å²) in [6.45, 7) is 1.76. The summed E-state index contributed by atoms with van der Waals surface area (Å²) in [6.07, 6.45) is 42.7. The Hall–Kier alpha value is -1.99. The molecule has 0 aromatic carbocycles. The van der Waals surface area contributed by atoms with Crippen LogP contribution in [0.4, 0.5) is 0 Å². The van der Waals surface area contributed by atoms with Gasteiger partial charge in [-0.25, -0.2) is 0 Å². The van der Waals surface area contributed by atoms with Crippen LogP contribution in [-0.2, 0) is 33.2 Å². The summed E-state index contributed by atoms with van der Waals surface area (Å²) in [6, 6.07) is -0.990. The average Bonchev–Trinajstić information content (AvgIpc) is 0.787. The van der Waals surface area contributed by atoms with Crippen molar-refractivity contribution in [1.82, 2.24) is 5.32 Å². The first kappa shape index (κ1) is 87.2. The van der Waals surface area contributed by atoms with Gasteiger partial charge in [0.2, 0.25) is 5.91 Å². The van der Waals surface area contributed by atoms with Gasteiger partial charge in [0, 0.05) is 6.42 Å². The molecule has 0 aromatic heterocycles. The first-order chi connectivity index (χ1) is 46.3. The standard InChI is InChI=1S/C76H141NO18/c1-3-5-7-9-11-13-15-17-19-21-23-25-27-28-29-30-32-34-36-38-40-42-44-46-48-50-52-54-64(82)77-59(60(81)53-51-49-47-45-43-41-39-37-35-33-31-26-24-22-20-18-16-14-12-10-8-6-4-2)58-90-74-70(88)67(85)72(62(56-79)92-74)95-76-71(89)68(86)73(63(57-80)93-76)94-75-69(87)66(84)65(83)61(55-78)91-75/h21,23,43,45,51,53,59-63,65-76,78-81,83-89H,3-20,22,24-42,44,46-50,52,54-58H2,1-2H3,(H,77,82)/b23-21-,45-43+,53-51+. The van der Waals surface area contributed by atoms with Crippen LogP contribution in [0.25, 0.3) is 0 Å². The van der Waals surface area contributed by atoms with Crippen LogP contribution in [0, 0.1) is 0 Å². The Balaban J connectivity index is 1.40. The highest BCUT2D eigenvalue weighted by atomic mass is 16.8. The molecule has 558 valence electrons. The van der Waals surface area contributed by atoms with Crippen LogP contribution in [0.5, 0.6) is 0 Å². The van der Waals surface area contributed by atoms with E-state index < -0.39 is 124 Å². The molecule has 3 heterocycles. The molecule has 0 spiro atoms. The number of unbranched alkanes of at least 4 members (excludes halogenated alkanes) is 41. The number of hydrogen-bond acceptors (Lipinski definition) is 18. The summed E-state index contributed by atoms with van der Waals surface area (Å²) < 4.78 is 34.4. The van der Waals surface area contributed by atoms with Crippen molar-refractivity contribution in [3.05, 3.63) is 36.5 Å². The lowest BCUT2D eigenvalue weighted by molar-refractivity contribution is -0.379. The second-order valence-electron chi connectivity index (χ2n) is 27.8. The smallest absolute Gasteiger partial charge is 0.220 e. The Morgan fingerprint density at radius 1 is 0.368 bits per heavy atom. The molecule has 95 heavy (non-hydrogen) atoms. The van der Waals surface area contributed by atoms with Gasteiger partial charge in [0.1, 0.15) is 73.2 Å². The van der Waals surface area contributed by atoms with Crippen LogP contribution in [0.2, 0.25) is 0 Å². The SMILES string of the molecule is CCCCCCCCCC/C=C\CCCCCCCCCCCCCCCCCC(=O)NC(COC1OC(CO)C(OC2OC(CO)C(OC3OC(CO)C(O)C(O)C3O)C(O)C2O)C(O)C1O)C(O)/C=C/CC/C=C/CCCCCCCCCCCCCCCCCCC. The third kappa shape index (κ3) is 38.6. The largest absolute Gasteiger partial charge is 0.394 e. The minimum atomic E-state index is -1.98. The second kappa shape index (κ2) is 57.6. The minimum absolute atomic E-state index is 0.238. The van der Waals surface area contributed by atoms with E-state index in [1.807, 2.05) is 6.08 Å². The van der Waals surface area contributed by atoms with Gasteiger partial charge in [-0.1, -0.05) is 281 Å². The number of rotatable bonds is 61. The van der Waals surface area contributed by atoms with Gasteiger partial charge in [-0.15, -0.1) is 0 Å². The van der Waals surface area contributed by atoms with Crippen molar-refractivity contribution in [2.24, 2.45) is 0 Å². The fourth-order valence-corrected chi connectivity index (χ4v) is 13.1. The number of aliphatic hydroxyl groups is 11. The van der Waals surface area contributed by atoms with E-state index in [4.69, 9.17) is 28.4 Å². The molecule has 17 atom stereocenters. The lowest BCUT2D eigenvalue weighted by Gasteiger charge is -2.48. The monoisotopic (exact) mass is 1360 g/mol. The third-order valence-electron chi connectivity index (χ3n) is 19.4. The van der Waals surface area contributed by atoms with Gasteiger partial charge >= 0.3 is 0 Å². The van der Waals surface area contributed by atoms with Gasteiger partial charge in [-0.3, -0.25) is 4.79 Å². The van der Waals surface area contributed by atoms with E-state index in [2.05, 4.69) is 43.5 Å². The van der Waals surface area contributed by atoms with Crippen LogP contribution >= 0.6 is 0 Å². The highest BCUT2D eigenvalue weighted by Crippen LogP contribution is 2.33. The Morgan fingerprint density at radius 3 is 1.05 bits per heavy atom. The summed E-state index contributed by atoms with van der Waals surface area (Å²) in [4.78, 5) is 13.5. The zero-order valence-corrected chi connectivity index (χ0v) is 59.4. The maximum atomic E-state index is 13.5. The average molecular weight is 1360 g/mol. The molecular formula is C76H141NO18. The van der Waals surface area contributed by atoms with Gasteiger partial charge < -0.3 is 89.9 Å². The van der Waals surface area contributed by atoms with Crippen LogP contribution in [0.15, 0.2) is 36.5 Å². The molecule has 19 heteroatoms. The molecule has 3 saturated heterocycles. The van der Waals surface area contributed by atoms with Crippen LogP contribution in [0.3, 0.4) is 0 Å². The number of allylic oxidation sites excluding steroid dienone is 5. The molecule has 17 unspecified atom stereocenters. The van der Waals surface area contributed by atoms with Gasteiger partial charge in [0.05, 0.1) is 38.6 Å². The number of hydrogen-bond donors (Lipinski definition) is 12. The molecule has 3 rings (SSSR count). The van der Waals surface area contributed by atoms with Crippen molar-refractivity contribution >= 4 is 5.91 Å². The van der Waals surface area contributed by atoms with Crippen molar-refractivity contribution in [3.8, 4) is 0 Å². The van der Waals surface area contributed by atoms with E-state index in [-0.39, 0.29) is 18.9 Å². The first-order valence-corrected chi connectivity index (χ1v) is 38.7. The Kier molecular flexibility index (Phi) is 52.9. The maximum absolute atomic E-state index is 13.5. The summed E-state index contributed by atoms with van der Waals surface area (Å²) in [7, 11) is 0. The molecule has 0 radical (unpaired) electrons. The fraction of sp³-hybridized carbons (Fsp3) is 0.908. The third-order valence-corrected chi connectivity index (χ3v) is 19.4. The molecule has 0 aromatic rings. The fourth-order valence-electron chi connectivity index (χ4n) is 13.1. The number of aliphatic hydroxyl groups excluding tert-OH is 11. The molecule has 1 amide bonds. The van der Waals surface area contributed by atoms with Crippen LogP contribution in [0.1, 0.15) is 309 Å². The van der Waals surface area contributed by atoms with Crippen LogP contribution < -0.4 is 5.32 Å². The van der Waals surface area contributed by atoms with Crippen molar-refractivity contribution in [3.63, 3.8) is 0 Å². The zero-order valence-electron chi connectivity index (χ0n) is 59.4. The van der Waals surface area contributed by atoms with Gasteiger partial charge in [0.25, 0.3) is 0 Å². The first-order valence-electron chi connectivity index (χ1n) is 38.7. The number of carbonyl (C=O) groups excluding carboxylic acids is 1. The second-order valence-corrected chi connectivity index (χ2v) is 27.8. The van der Waals surface area contributed by atoms with E-state index in [9.17, 15) is 61.0 Å². The molecule has 3 aliphatic heterocycles. The molecular weight excluding hydrogens is 1210 g/mol. The van der Waals surface area contributed by atoms with Gasteiger partial charge in [-0.05, 0) is 57.8 Å². The number of amides is 1. The van der Waals surface area contributed by atoms with Gasteiger partial charge in [0.15, 0.2) is 18.9 Å². The van der Waals surface area contributed by atoms with E-state index >= 15 is 0 Å². The molecule has 3 fully saturated rings. The van der Waals surface area contributed by atoms with Crippen molar-refractivity contribution in [2.75, 3.05) is 26.4 Å². The highest BCUT2D eigenvalue weighted by Gasteiger charge is 2.53. The predicted octanol–water partition coefficient (Wildman–Crippen LogP) is 11.9. The van der Waals surface area contributed by atoms with Crippen molar-refractivity contribution in [1.29, 1.82) is 0 Å². The minimum Gasteiger partial charge on any atom is -0.394 e. The Morgan fingerprint density at radius 2 is 0.674 bits per heavy atom. The lowest BCUT2D eigenvalue weighted by atomic mass is 9.96. The van der Waals surface area contributed by atoms with Crippen molar-refractivity contribution < 1.29 is 89.4 Å². The number of carbonyl (C=O) groups is 1. The molecule has 0 aliphatic carbocycles. The Labute approximate surface area is 574 Å². The summed E-state index contributed by atoms with van der Waals surface area (Å²) in [5, 5.41) is 121. The Bertz CT molecular complexity index is 1860. The summed E-state index contributed by atoms with van der Waals surface area (Å²) in [5.41, 5.74) is 0. The summed E-state index contributed by atoms with van der Waals surface area (Å²) in [5.74, 6) is -0.280. The normalized spacial score (nSPS) is 27.4. The topological polar surface area (TPSA) is 307 Å². The quantitative estimate of drug-likeness (QED) is 0.0199. The van der Waals surface area contributed by atoms with Crippen molar-refractivity contribution in [2.45, 2.75) is 413 Å². The van der Waals surface area contributed by atoms with E-state index in [1.165, 1.54) is 238 Å². The van der Waals surface area contributed by atoms with Crippen LogP contribution in [-0.4, -0.2) is 193 Å². The highest BCUT2D eigenvalue weighted by molar-refractivity contribution is 5.76. The number of ether oxygens (including phenoxy) is 6. The van der Waals surface area contributed by atoms with E-state index in [0.29, 0.717) is 12.8 Å². The van der Waals surface area contributed by atoms with Gasteiger partial charge in [-0.2, -0.15) is 0 Å². The molecule has 0 saturated carbocycles. The molecule has 3 aliphatic rings. The predicted molar refractivity (Wildman–Crippen MR) is 374 cm³/mol.